The van der Waals surface area contributed by atoms with Crippen molar-refractivity contribution in [3.63, 3.8) is 0 Å². The first-order chi connectivity index (χ1) is 5.65. The van der Waals surface area contributed by atoms with Crippen LogP contribution >= 0.6 is 34.5 Å². The van der Waals surface area contributed by atoms with Gasteiger partial charge in [0, 0.05) is 4.88 Å². The minimum absolute atomic E-state index is 0.145. The largest absolute Gasteiger partial charge is 0.127 e. The summed E-state index contributed by atoms with van der Waals surface area (Å²) in [6.07, 6.45) is 2.14. The Morgan fingerprint density at radius 1 is 1.58 bits per heavy atom. The van der Waals surface area contributed by atoms with E-state index < -0.39 is 0 Å². The first-order valence-corrected chi connectivity index (χ1v) is 5.68. The van der Waals surface area contributed by atoms with Crippen LogP contribution in [0.5, 0.6) is 0 Å². The quantitative estimate of drug-likeness (QED) is 0.646. The molecule has 12 heavy (non-hydrogen) atoms. The van der Waals surface area contributed by atoms with Gasteiger partial charge in [-0.05, 0) is 25.0 Å². The highest BCUT2D eigenvalue weighted by Gasteiger charge is 2.11. The summed E-state index contributed by atoms with van der Waals surface area (Å²) in [5.74, 6) is 0. The first-order valence-electron chi connectivity index (χ1n) is 4.05. The molecule has 1 heterocycles. The molecule has 0 nitrogen and oxygen atoms in total. The molecule has 0 N–H and O–H groups in total. The predicted molar refractivity (Wildman–Crippen MR) is 57.6 cm³/mol. The summed E-state index contributed by atoms with van der Waals surface area (Å²) >= 11 is 13.7. The van der Waals surface area contributed by atoms with Gasteiger partial charge in [0.05, 0.1) is 9.71 Å². The van der Waals surface area contributed by atoms with E-state index in [1.54, 1.807) is 11.3 Å². The minimum Gasteiger partial charge on any atom is -0.127 e. The lowest BCUT2D eigenvalue weighted by molar-refractivity contribution is 0.779. The summed E-state index contributed by atoms with van der Waals surface area (Å²) in [4.78, 5) is 1.20. The molecule has 0 spiro atoms. The average molecular weight is 223 g/mol. The van der Waals surface area contributed by atoms with Crippen LogP contribution in [-0.4, -0.2) is 0 Å². The van der Waals surface area contributed by atoms with E-state index in [0.29, 0.717) is 0 Å². The maximum atomic E-state index is 6.14. The average Bonchev–Trinajstić information content (AvgIpc) is 2.33. The molecule has 0 saturated carbocycles. The molecule has 1 aromatic rings. The van der Waals surface area contributed by atoms with Crippen LogP contribution in [0.2, 0.25) is 4.34 Å². The lowest BCUT2D eigenvalue weighted by Gasteiger charge is -2.02. The van der Waals surface area contributed by atoms with E-state index in [1.165, 1.54) is 4.88 Å². The van der Waals surface area contributed by atoms with Gasteiger partial charge in [-0.2, -0.15) is 0 Å². The van der Waals surface area contributed by atoms with E-state index in [1.807, 2.05) is 6.92 Å². The maximum Gasteiger partial charge on any atom is 0.0960 e. The zero-order chi connectivity index (χ0) is 9.14. The van der Waals surface area contributed by atoms with Crippen molar-refractivity contribution >= 4 is 34.5 Å². The second-order valence-corrected chi connectivity index (χ2v) is 5.07. The predicted octanol–water partition coefficient (Wildman–Crippen LogP) is 4.79. The number of hydrogen-bond donors (Lipinski definition) is 0. The van der Waals surface area contributed by atoms with Crippen LogP contribution in [0.15, 0.2) is 6.07 Å². The van der Waals surface area contributed by atoms with Crippen molar-refractivity contribution in [1.29, 1.82) is 0 Å². The Bertz CT molecular complexity index is 236. The molecule has 1 atom stereocenters. The number of halogens is 2. The summed E-state index contributed by atoms with van der Waals surface area (Å²) in [5, 5.41) is 0.145. The Labute approximate surface area is 87.5 Å². The van der Waals surface area contributed by atoms with Gasteiger partial charge in [-0.3, -0.25) is 0 Å². The van der Waals surface area contributed by atoms with Crippen LogP contribution in [0.1, 0.15) is 35.6 Å². The van der Waals surface area contributed by atoms with Crippen LogP contribution in [0.3, 0.4) is 0 Å². The summed E-state index contributed by atoms with van der Waals surface area (Å²) in [6.45, 7) is 4.15. The molecule has 0 amide bonds. The third kappa shape index (κ3) is 2.38. The molecule has 1 unspecified atom stereocenters. The molecule has 0 aliphatic heterocycles. The van der Waals surface area contributed by atoms with Crippen molar-refractivity contribution in [3.8, 4) is 0 Å². The lowest BCUT2D eigenvalue weighted by Crippen LogP contribution is -1.83. The zero-order valence-electron chi connectivity index (χ0n) is 7.23. The normalized spacial score (nSPS) is 13.3. The summed E-state index contributed by atoms with van der Waals surface area (Å²) in [5.41, 5.74) is 1.14. The molecule has 0 fully saturated rings. The standard InChI is InChI=1S/C9H12Cl2S/c1-3-4-7(10)8-5-6(2)9(11)12-8/h5,7H,3-4H2,1-2H3. The van der Waals surface area contributed by atoms with E-state index >= 15 is 0 Å². The van der Waals surface area contributed by atoms with Gasteiger partial charge in [0.2, 0.25) is 0 Å². The van der Waals surface area contributed by atoms with E-state index in [4.69, 9.17) is 23.2 Å². The highest BCUT2D eigenvalue weighted by atomic mass is 35.5. The Hall–Kier alpha value is 0.280. The monoisotopic (exact) mass is 222 g/mol. The van der Waals surface area contributed by atoms with Gasteiger partial charge in [0.25, 0.3) is 0 Å². The van der Waals surface area contributed by atoms with Crippen LogP contribution in [0.4, 0.5) is 0 Å². The molecule has 0 bridgehead atoms. The van der Waals surface area contributed by atoms with Crippen LogP contribution in [-0.2, 0) is 0 Å². The van der Waals surface area contributed by atoms with Crippen LogP contribution in [0.25, 0.3) is 0 Å². The van der Waals surface area contributed by atoms with E-state index in [2.05, 4.69) is 13.0 Å². The molecular weight excluding hydrogens is 211 g/mol. The Balaban J connectivity index is 2.74. The summed E-state index contributed by atoms with van der Waals surface area (Å²) in [7, 11) is 0. The van der Waals surface area contributed by atoms with Crippen LogP contribution in [0, 0.1) is 6.92 Å². The Morgan fingerprint density at radius 2 is 2.25 bits per heavy atom. The number of rotatable bonds is 3. The third-order valence-corrected chi connectivity index (χ3v) is 3.98. The fourth-order valence-electron chi connectivity index (χ4n) is 1.03. The highest BCUT2D eigenvalue weighted by molar-refractivity contribution is 7.16. The number of alkyl halides is 1. The highest BCUT2D eigenvalue weighted by Crippen LogP contribution is 2.35. The number of thiophene rings is 1. The molecule has 1 rings (SSSR count). The van der Waals surface area contributed by atoms with Crippen molar-refractivity contribution in [2.75, 3.05) is 0 Å². The number of hydrogen-bond acceptors (Lipinski definition) is 1. The van der Waals surface area contributed by atoms with Gasteiger partial charge >= 0.3 is 0 Å². The van der Waals surface area contributed by atoms with Gasteiger partial charge in [0.15, 0.2) is 0 Å². The van der Waals surface area contributed by atoms with E-state index in [9.17, 15) is 0 Å². The molecule has 68 valence electrons. The van der Waals surface area contributed by atoms with Gasteiger partial charge in [-0.1, -0.05) is 24.9 Å². The molecule has 0 radical (unpaired) electrons. The fraction of sp³-hybridized carbons (Fsp3) is 0.556. The van der Waals surface area contributed by atoms with Crippen molar-refractivity contribution in [3.05, 3.63) is 20.8 Å². The molecule has 0 saturated heterocycles. The Morgan fingerprint density at radius 3 is 2.67 bits per heavy atom. The minimum atomic E-state index is 0.145. The van der Waals surface area contributed by atoms with Crippen molar-refractivity contribution in [2.24, 2.45) is 0 Å². The summed E-state index contributed by atoms with van der Waals surface area (Å²) in [6, 6.07) is 2.08. The van der Waals surface area contributed by atoms with Gasteiger partial charge in [-0.15, -0.1) is 22.9 Å². The maximum absolute atomic E-state index is 6.14. The molecule has 0 aromatic carbocycles. The van der Waals surface area contributed by atoms with Crippen molar-refractivity contribution in [1.82, 2.24) is 0 Å². The van der Waals surface area contributed by atoms with Crippen molar-refractivity contribution in [2.45, 2.75) is 32.1 Å². The SMILES string of the molecule is CCCC(Cl)c1cc(C)c(Cl)s1. The Kier molecular flexibility index (Phi) is 3.88. The van der Waals surface area contributed by atoms with Crippen LogP contribution < -0.4 is 0 Å². The molecular formula is C9H12Cl2S. The molecule has 1 aromatic heterocycles. The smallest absolute Gasteiger partial charge is 0.0960 e. The van der Waals surface area contributed by atoms with Gasteiger partial charge in [-0.25, -0.2) is 0 Å². The molecule has 0 aliphatic carbocycles. The lowest BCUT2D eigenvalue weighted by atomic mass is 10.2. The topological polar surface area (TPSA) is 0 Å². The van der Waals surface area contributed by atoms with E-state index in [0.717, 1.165) is 22.7 Å². The summed E-state index contributed by atoms with van der Waals surface area (Å²) < 4.78 is 0.867. The van der Waals surface area contributed by atoms with E-state index in [-0.39, 0.29) is 5.38 Å². The number of aryl methyl sites for hydroxylation is 1. The second kappa shape index (κ2) is 4.50. The molecule has 0 aliphatic rings. The van der Waals surface area contributed by atoms with Gasteiger partial charge in [0.1, 0.15) is 0 Å². The van der Waals surface area contributed by atoms with Crippen molar-refractivity contribution < 1.29 is 0 Å². The van der Waals surface area contributed by atoms with Gasteiger partial charge < -0.3 is 0 Å². The fourth-order valence-corrected chi connectivity index (χ4v) is 2.68. The molecule has 3 heteroatoms. The third-order valence-electron chi connectivity index (χ3n) is 1.73. The second-order valence-electron chi connectivity index (χ2n) is 2.86. The zero-order valence-corrected chi connectivity index (χ0v) is 9.56. The first kappa shape index (κ1) is 10.4.